The third-order valence-electron chi connectivity index (χ3n) is 3.27. The molecule has 6 heteroatoms. The van der Waals surface area contributed by atoms with Crippen molar-refractivity contribution >= 4 is 11.6 Å². The fourth-order valence-electron chi connectivity index (χ4n) is 1.98. The van der Waals surface area contributed by atoms with Crippen molar-refractivity contribution in [1.82, 2.24) is 9.88 Å². The summed E-state index contributed by atoms with van der Waals surface area (Å²) in [5, 5.41) is 2.78. The van der Waals surface area contributed by atoms with E-state index in [0.717, 1.165) is 17.9 Å². The Morgan fingerprint density at radius 1 is 1.26 bits per heavy atom. The van der Waals surface area contributed by atoms with E-state index in [1.165, 1.54) is 6.07 Å². The van der Waals surface area contributed by atoms with Gasteiger partial charge in [-0.2, -0.15) is 0 Å². The Kier molecular flexibility index (Phi) is 5.54. The zero-order valence-electron chi connectivity index (χ0n) is 13.6. The summed E-state index contributed by atoms with van der Waals surface area (Å²) in [6.07, 6.45) is 0. The molecule has 0 aliphatic rings. The molecule has 0 saturated heterocycles. The van der Waals surface area contributed by atoms with E-state index in [1.807, 2.05) is 38.1 Å². The predicted octanol–water partition coefficient (Wildman–Crippen LogP) is 1.88. The number of pyridine rings is 1. The van der Waals surface area contributed by atoms with Crippen molar-refractivity contribution < 1.29 is 9.53 Å². The zero-order chi connectivity index (χ0) is 16.8. The Hall–Kier alpha value is -2.60. The van der Waals surface area contributed by atoms with Gasteiger partial charge >= 0.3 is 0 Å². The Bertz CT molecular complexity index is 738. The van der Waals surface area contributed by atoms with Gasteiger partial charge in [-0.3, -0.25) is 9.59 Å². The van der Waals surface area contributed by atoms with E-state index in [2.05, 4.69) is 10.3 Å². The normalized spacial score (nSPS) is 10.6. The third kappa shape index (κ3) is 4.96. The summed E-state index contributed by atoms with van der Waals surface area (Å²) in [5.41, 5.74) is 1.49. The van der Waals surface area contributed by atoms with Gasteiger partial charge < -0.3 is 19.9 Å². The van der Waals surface area contributed by atoms with Crippen molar-refractivity contribution in [3.05, 3.63) is 58.0 Å². The highest BCUT2D eigenvalue weighted by Crippen LogP contribution is 2.21. The Balaban J connectivity index is 2.03. The SMILES string of the molecule is Cc1cc(OCCN(C)C)ccc1NC(=O)c1cccc(=O)[nH]1. The number of benzene rings is 1. The molecule has 2 N–H and O–H groups in total. The molecule has 1 heterocycles. The summed E-state index contributed by atoms with van der Waals surface area (Å²) < 4.78 is 5.66. The lowest BCUT2D eigenvalue weighted by atomic mass is 10.2. The molecule has 122 valence electrons. The molecular weight excluding hydrogens is 294 g/mol. The van der Waals surface area contributed by atoms with E-state index in [9.17, 15) is 9.59 Å². The molecule has 0 unspecified atom stereocenters. The van der Waals surface area contributed by atoms with E-state index in [0.29, 0.717) is 12.3 Å². The number of aromatic amines is 1. The maximum absolute atomic E-state index is 12.1. The minimum Gasteiger partial charge on any atom is -0.492 e. The van der Waals surface area contributed by atoms with E-state index in [-0.39, 0.29) is 17.2 Å². The minimum absolute atomic E-state index is 0.225. The number of amides is 1. The fourth-order valence-corrected chi connectivity index (χ4v) is 1.98. The number of nitrogens with one attached hydrogen (secondary N) is 2. The molecule has 6 nitrogen and oxygen atoms in total. The number of hydrogen-bond acceptors (Lipinski definition) is 4. The molecule has 1 aromatic heterocycles. The molecular formula is C17H21N3O3. The maximum atomic E-state index is 12.1. The van der Waals surface area contributed by atoms with E-state index in [4.69, 9.17) is 4.74 Å². The monoisotopic (exact) mass is 315 g/mol. The molecule has 0 atom stereocenters. The first-order chi connectivity index (χ1) is 11.0. The summed E-state index contributed by atoms with van der Waals surface area (Å²) >= 11 is 0. The lowest BCUT2D eigenvalue weighted by molar-refractivity contribution is 0.102. The quantitative estimate of drug-likeness (QED) is 0.853. The number of hydrogen-bond donors (Lipinski definition) is 2. The molecule has 1 amide bonds. The lowest BCUT2D eigenvalue weighted by Crippen LogP contribution is -2.19. The summed E-state index contributed by atoms with van der Waals surface area (Å²) in [5.74, 6) is 0.405. The summed E-state index contributed by atoms with van der Waals surface area (Å²) in [6.45, 7) is 3.32. The van der Waals surface area contributed by atoms with Crippen LogP contribution < -0.4 is 15.6 Å². The average Bonchev–Trinajstić information content (AvgIpc) is 2.49. The molecule has 2 rings (SSSR count). The van der Waals surface area contributed by atoms with Gasteiger partial charge in [0.25, 0.3) is 5.91 Å². The number of rotatable bonds is 6. The van der Waals surface area contributed by atoms with Gasteiger partial charge in [-0.25, -0.2) is 0 Å². The first-order valence-electron chi connectivity index (χ1n) is 7.34. The van der Waals surface area contributed by atoms with Crippen LogP contribution in [-0.4, -0.2) is 43.0 Å². The molecule has 0 aliphatic heterocycles. The van der Waals surface area contributed by atoms with Gasteiger partial charge in [-0.05, 0) is 50.8 Å². The zero-order valence-corrected chi connectivity index (χ0v) is 13.6. The van der Waals surface area contributed by atoms with Gasteiger partial charge in [0.15, 0.2) is 0 Å². The van der Waals surface area contributed by atoms with Crippen LogP contribution in [0.5, 0.6) is 5.75 Å². The third-order valence-corrected chi connectivity index (χ3v) is 3.27. The van der Waals surface area contributed by atoms with Crippen LogP contribution in [0.3, 0.4) is 0 Å². The van der Waals surface area contributed by atoms with Gasteiger partial charge in [0.2, 0.25) is 5.56 Å². The molecule has 2 aromatic rings. The van der Waals surface area contributed by atoms with Crippen LogP contribution in [0, 0.1) is 6.92 Å². The predicted molar refractivity (Wildman–Crippen MR) is 90.2 cm³/mol. The van der Waals surface area contributed by atoms with Crippen LogP contribution in [0.25, 0.3) is 0 Å². The maximum Gasteiger partial charge on any atom is 0.272 e. The molecule has 0 aliphatic carbocycles. The molecule has 0 radical (unpaired) electrons. The highest BCUT2D eigenvalue weighted by molar-refractivity contribution is 6.03. The van der Waals surface area contributed by atoms with Gasteiger partial charge in [-0.1, -0.05) is 6.07 Å². The molecule has 1 aromatic carbocycles. The van der Waals surface area contributed by atoms with Crippen molar-refractivity contribution in [3.8, 4) is 5.75 Å². The second-order valence-corrected chi connectivity index (χ2v) is 5.51. The molecule has 0 bridgehead atoms. The van der Waals surface area contributed by atoms with E-state index in [1.54, 1.807) is 18.2 Å². The molecule has 0 fully saturated rings. The second kappa shape index (κ2) is 7.60. The van der Waals surface area contributed by atoms with Crippen molar-refractivity contribution in [1.29, 1.82) is 0 Å². The first kappa shape index (κ1) is 16.8. The van der Waals surface area contributed by atoms with Gasteiger partial charge in [0.1, 0.15) is 18.1 Å². The van der Waals surface area contributed by atoms with Crippen molar-refractivity contribution in [2.45, 2.75) is 6.92 Å². The number of carbonyl (C=O) groups excluding carboxylic acids is 1. The number of H-pyrrole nitrogens is 1. The lowest BCUT2D eigenvalue weighted by Gasteiger charge is -2.13. The van der Waals surface area contributed by atoms with E-state index < -0.39 is 0 Å². The average molecular weight is 315 g/mol. The van der Waals surface area contributed by atoms with Crippen LogP contribution in [0.2, 0.25) is 0 Å². The first-order valence-corrected chi connectivity index (χ1v) is 7.34. The van der Waals surface area contributed by atoms with Crippen LogP contribution in [-0.2, 0) is 0 Å². The van der Waals surface area contributed by atoms with Crippen molar-refractivity contribution in [3.63, 3.8) is 0 Å². The van der Waals surface area contributed by atoms with Gasteiger partial charge in [0, 0.05) is 18.3 Å². The van der Waals surface area contributed by atoms with Gasteiger partial charge in [0.05, 0.1) is 0 Å². The second-order valence-electron chi connectivity index (χ2n) is 5.51. The van der Waals surface area contributed by atoms with Crippen LogP contribution in [0.15, 0.2) is 41.2 Å². The van der Waals surface area contributed by atoms with Crippen molar-refractivity contribution in [2.24, 2.45) is 0 Å². The summed E-state index contributed by atoms with van der Waals surface area (Å²) in [4.78, 5) is 27.9. The largest absolute Gasteiger partial charge is 0.492 e. The molecule has 0 spiro atoms. The highest BCUT2D eigenvalue weighted by atomic mass is 16.5. The van der Waals surface area contributed by atoms with Crippen LogP contribution in [0.4, 0.5) is 5.69 Å². The molecule has 0 saturated carbocycles. The van der Waals surface area contributed by atoms with Gasteiger partial charge in [-0.15, -0.1) is 0 Å². The fraction of sp³-hybridized carbons (Fsp3) is 0.294. The van der Waals surface area contributed by atoms with E-state index >= 15 is 0 Å². The van der Waals surface area contributed by atoms with Crippen LogP contribution in [0.1, 0.15) is 16.1 Å². The van der Waals surface area contributed by atoms with Crippen molar-refractivity contribution in [2.75, 3.05) is 32.6 Å². The number of anilines is 1. The Morgan fingerprint density at radius 3 is 2.70 bits per heavy atom. The Morgan fingerprint density at radius 2 is 2.04 bits per heavy atom. The standard InChI is InChI=1S/C17H21N3O3/c1-12-11-13(23-10-9-20(2)3)7-8-14(12)19-17(22)15-5-4-6-16(21)18-15/h4-8,11H,9-10H2,1-3H3,(H,18,21)(H,19,22). The number of likely N-dealkylation sites (N-methyl/N-ethyl adjacent to an activating group) is 1. The Labute approximate surface area is 135 Å². The van der Waals surface area contributed by atoms with Crippen LogP contribution >= 0.6 is 0 Å². The number of nitrogens with zero attached hydrogens (tertiary/aromatic N) is 1. The summed E-state index contributed by atoms with van der Waals surface area (Å²) in [6, 6.07) is 9.94. The topological polar surface area (TPSA) is 74.4 Å². The number of carbonyl (C=O) groups is 1. The molecule has 23 heavy (non-hydrogen) atoms. The number of ether oxygens (including phenoxy) is 1. The minimum atomic E-state index is -0.355. The highest BCUT2D eigenvalue weighted by Gasteiger charge is 2.09. The number of aromatic nitrogens is 1. The number of aryl methyl sites for hydroxylation is 1. The summed E-state index contributed by atoms with van der Waals surface area (Å²) in [7, 11) is 3.97. The smallest absolute Gasteiger partial charge is 0.272 e.